The van der Waals surface area contributed by atoms with Gasteiger partial charge in [-0.25, -0.2) is 4.39 Å². The van der Waals surface area contributed by atoms with Gasteiger partial charge in [-0.05, 0) is 30.5 Å². The second kappa shape index (κ2) is 8.35. The lowest BCUT2D eigenvalue weighted by Gasteiger charge is -2.24. The predicted octanol–water partition coefficient (Wildman–Crippen LogP) is 4.30. The highest BCUT2D eigenvalue weighted by Gasteiger charge is 2.26. The van der Waals surface area contributed by atoms with Crippen LogP contribution >= 0.6 is 0 Å². The molecule has 28 heavy (non-hydrogen) atoms. The number of benzene rings is 2. The molecule has 0 bridgehead atoms. The van der Waals surface area contributed by atoms with E-state index in [0.717, 1.165) is 18.4 Å². The Morgan fingerprint density at radius 2 is 2.00 bits per heavy atom. The lowest BCUT2D eigenvalue weighted by atomic mass is 10.1. The molecule has 0 aliphatic carbocycles. The van der Waals surface area contributed by atoms with E-state index in [1.54, 1.807) is 23.1 Å². The van der Waals surface area contributed by atoms with E-state index in [1.807, 2.05) is 30.3 Å². The number of nitrogens with zero attached hydrogens (tertiary/aromatic N) is 2. The monoisotopic (exact) mass is 380 g/mol. The maximum absolute atomic E-state index is 13.6. The maximum Gasteiger partial charge on any atom is 0.292 e. The third-order valence-electron chi connectivity index (χ3n) is 4.79. The van der Waals surface area contributed by atoms with Crippen molar-refractivity contribution in [2.45, 2.75) is 25.5 Å². The SMILES string of the molecule is O=C(c1cc(-c2ccccc2)no1)N(Cc1cccc(F)c1)CC1CCCO1. The van der Waals surface area contributed by atoms with Crippen molar-refractivity contribution < 1.29 is 18.4 Å². The Morgan fingerprint density at radius 3 is 2.75 bits per heavy atom. The third kappa shape index (κ3) is 4.28. The summed E-state index contributed by atoms with van der Waals surface area (Å²) in [6.45, 7) is 1.40. The summed E-state index contributed by atoms with van der Waals surface area (Å²) in [5.74, 6) is -0.448. The molecule has 0 radical (unpaired) electrons. The van der Waals surface area contributed by atoms with Crippen molar-refractivity contribution >= 4 is 5.91 Å². The van der Waals surface area contributed by atoms with Gasteiger partial charge in [-0.3, -0.25) is 4.79 Å². The largest absolute Gasteiger partial charge is 0.376 e. The van der Waals surface area contributed by atoms with Crippen molar-refractivity contribution in [2.75, 3.05) is 13.2 Å². The van der Waals surface area contributed by atoms with Crippen LogP contribution < -0.4 is 0 Å². The fraction of sp³-hybridized carbons (Fsp3) is 0.273. The number of halogens is 1. The van der Waals surface area contributed by atoms with Gasteiger partial charge in [0.2, 0.25) is 5.76 Å². The highest BCUT2D eigenvalue weighted by Crippen LogP contribution is 2.22. The van der Waals surface area contributed by atoms with Crippen LogP contribution in [0.2, 0.25) is 0 Å². The molecular weight excluding hydrogens is 359 g/mol. The van der Waals surface area contributed by atoms with Crippen LogP contribution in [0.15, 0.2) is 65.2 Å². The highest BCUT2D eigenvalue weighted by molar-refractivity contribution is 5.92. The molecule has 2 heterocycles. The summed E-state index contributed by atoms with van der Waals surface area (Å²) in [5.41, 5.74) is 2.20. The average Bonchev–Trinajstić information content (AvgIpc) is 3.40. The standard InChI is InChI=1S/C22H21FN2O3/c23-18-9-4-6-16(12-18)14-25(15-19-10-5-11-27-19)22(26)21-13-20(24-28-21)17-7-2-1-3-8-17/h1-4,6-9,12-13,19H,5,10-11,14-15H2. The Bertz CT molecular complexity index is 936. The lowest BCUT2D eigenvalue weighted by Crippen LogP contribution is -2.36. The maximum atomic E-state index is 13.6. The van der Waals surface area contributed by atoms with Crippen LogP contribution in [0.5, 0.6) is 0 Å². The van der Waals surface area contributed by atoms with Gasteiger partial charge in [0.1, 0.15) is 11.5 Å². The lowest BCUT2D eigenvalue weighted by molar-refractivity contribution is 0.0477. The molecule has 6 heteroatoms. The molecule has 1 aliphatic rings. The number of aromatic nitrogens is 1. The summed E-state index contributed by atoms with van der Waals surface area (Å²) in [5, 5.41) is 4.03. The first-order chi connectivity index (χ1) is 13.7. The van der Waals surface area contributed by atoms with Crippen molar-refractivity contribution in [3.63, 3.8) is 0 Å². The van der Waals surface area contributed by atoms with Crippen molar-refractivity contribution in [1.29, 1.82) is 0 Å². The molecule has 144 valence electrons. The van der Waals surface area contributed by atoms with Crippen LogP contribution in [0.4, 0.5) is 4.39 Å². The van der Waals surface area contributed by atoms with E-state index < -0.39 is 0 Å². The first kappa shape index (κ1) is 18.4. The number of amides is 1. The number of carbonyl (C=O) groups excluding carboxylic acids is 1. The van der Waals surface area contributed by atoms with E-state index in [4.69, 9.17) is 9.26 Å². The first-order valence-corrected chi connectivity index (χ1v) is 9.36. The summed E-state index contributed by atoms with van der Waals surface area (Å²) in [7, 11) is 0. The minimum Gasteiger partial charge on any atom is -0.376 e. The van der Waals surface area contributed by atoms with Crippen LogP contribution in [0.3, 0.4) is 0 Å². The second-order valence-corrected chi connectivity index (χ2v) is 6.89. The van der Waals surface area contributed by atoms with Crippen molar-refractivity contribution in [3.05, 3.63) is 77.8 Å². The topological polar surface area (TPSA) is 55.6 Å². The van der Waals surface area contributed by atoms with Gasteiger partial charge in [0.15, 0.2) is 0 Å². The van der Waals surface area contributed by atoms with Crippen LogP contribution in [0.1, 0.15) is 29.0 Å². The van der Waals surface area contributed by atoms with Gasteiger partial charge in [-0.1, -0.05) is 47.6 Å². The Hall–Kier alpha value is -2.99. The summed E-state index contributed by atoms with van der Waals surface area (Å²) < 4.78 is 24.6. The molecule has 1 atom stereocenters. The molecule has 1 saturated heterocycles. The fourth-order valence-corrected chi connectivity index (χ4v) is 3.39. The van der Waals surface area contributed by atoms with Gasteiger partial charge in [-0.2, -0.15) is 0 Å². The molecule has 1 aromatic heterocycles. The first-order valence-electron chi connectivity index (χ1n) is 9.36. The molecule has 0 saturated carbocycles. The van der Waals surface area contributed by atoms with Crippen LogP contribution in [-0.2, 0) is 11.3 Å². The minimum atomic E-state index is -0.326. The van der Waals surface area contributed by atoms with E-state index in [-0.39, 0.29) is 30.1 Å². The van der Waals surface area contributed by atoms with E-state index in [0.29, 0.717) is 24.4 Å². The van der Waals surface area contributed by atoms with Gasteiger partial charge in [0.05, 0.1) is 6.10 Å². The Balaban J connectivity index is 1.56. The van der Waals surface area contributed by atoms with Crippen LogP contribution in [0.25, 0.3) is 11.3 Å². The van der Waals surface area contributed by atoms with E-state index in [1.165, 1.54) is 12.1 Å². The Labute approximate surface area is 162 Å². The van der Waals surface area contributed by atoms with E-state index >= 15 is 0 Å². The molecule has 1 aliphatic heterocycles. The predicted molar refractivity (Wildman–Crippen MR) is 102 cm³/mol. The minimum absolute atomic E-state index is 0.0194. The number of hydrogen-bond donors (Lipinski definition) is 0. The van der Waals surface area contributed by atoms with Crippen molar-refractivity contribution in [1.82, 2.24) is 10.1 Å². The highest BCUT2D eigenvalue weighted by atomic mass is 19.1. The van der Waals surface area contributed by atoms with Crippen LogP contribution in [-0.4, -0.2) is 35.2 Å². The van der Waals surface area contributed by atoms with Gasteiger partial charge >= 0.3 is 0 Å². The van der Waals surface area contributed by atoms with Gasteiger partial charge in [-0.15, -0.1) is 0 Å². The molecule has 3 aromatic rings. The number of ether oxygens (including phenoxy) is 1. The number of carbonyl (C=O) groups is 1. The van der Waals surface area contributed by atoms with E-state index in [2.05, 4.69) is 5.16 Å². The quantitative estimate of drug-likeness (QED) is 0.640. The molecule has 4 rings (SSSR count). The molecule has 5 nitrogen and oxygen atoms in total. The Kier molecular flexibility index (Phi) is 5.48. The van der Waals surface area contributed by atoms with Gasteiger partial charge < -0.3 is 14.2 Å². The number of rotatable bonds is 6. The van der Waals surface area contributed by atoms with Crippen molar-refractivity contribution in [3.8, 4) is 11.3 Å². The normalized spacial score (nSPS) is 16.2. The molecular formula is C22H21FN2O3. The zero-order valence-electron chi connectivity index (χ0n) is 15.4. The summed E-state index contributed by atoms with van der Waals surface area (Å²) >= 11 is 0. The molecule has 0 N–H and O–H groups in total. The van der Waals surface area contributed by atoms with Gasteiger partial charge in [0.25, 0.3) is 5.91 Å². The summed E-state index contributed by atoms with van der Waals surface area (Å²) in [4.78, 5) is 14.7. The summed E-state index contributed by atoms with van der Waals surface area (Å²) in [6.07, 6.45) is 1.86. The zero-order chi connectivity index (χ0) is 19.3. The molecule has 1 amide bonds. The van der Waals surface area contributed by atoms with Crippen LogP contribution in [0, 0.1) is 5.82 Å². The Morgan fingerprint density at radius 1 is 1.14 bits per heavy atom. The van der Waals surface area contributed by atoms with E-state index in [9.17, 15) is 9.18 Å². The molecule has 1 unspecified atom stereocenters. The zero-order valence-corrected chi connectivity index (χ0v) is 15.4. The van der Waals surface area contributed by atoms with Crippen molar-refractivity contribution in [2.24, 2.45) is 0 Å². The second-order valence-electron chi connectivity index (χ2n) is 6.89. The van der Waals surface area contributed by atoms with Gasteiger partial charge in [0, 0.05) is 31.3 Å². The molecule has 1 fully saturated rings. The third-order valence-corrected chi connectivity index (χ3v) is 4.79. The molecule has 0 spiro atoms. The summed E-state index contributed by atoms with van der Waals surface area (Å²) in [6, 6.07) is 17.4. The fourth-order valence-electron chi connectivity index (χ4n) is 3.39. The smallest absolute Gasteiger partial charge is 0.292 e. The molecule has 2 aromatic carbocycles. The number of hydrogen-bond acceptors (Lipinski definition) is 4. The average molecular weight is 380 g/mol.